The first-order valence-corrected chi connectivity index (χ1v) is 18.3. The van der Waals surface area contributed by atoms with Gasteiger partial charge in [0.1, 0.15) is 22.3 Å². The van der Waals surface area contributed by atoms with Crippen LogP contribution < -0.4 is 0 Å². The third-order valence-electron chi connectivity index (χ3n) is 10.7. The average Bonchev–Trinajstić information content (AvgIpc) is 3.91. The molecule has 11 aromatic rings. The molecule has 254 valence electrons. The van der Waals surface area contributed by atoms with Gasteiger partial charge in [0.05, 0.1) is 17.6 Å². The lowest BCUT2D eigenvalue weighted by molar-refractivity contribution is 0.669. The van der Waals surface area contributed by atoms with Crippen LogP contribution in [0.25, 0.3) is 93.6 Å². The van der Waals surface area contributed by atoms with Crippen LogP contribution in [0.2, 0.25) is 0 Å². The standard InChI is InChI=1S/C50H32N2O2/c1-2-13-33(14-3-1)37-19-10-24-46-49(37)50-38(20-11-25-47(50)54-46)34-26-27-44-41(29-34)48-35(15-9-23-45(48)53-44)31-51-30-32-12-8-16-36(28-32)52-42-21-6-4-17-39(42)40-18-5-7-22-43(40)52/h1-29,31H,30H2. The van der Waals surface area contributed by atoms with E-state index in [0.29, 0.717) is 6.54 Å². The molecule has 0 bridgehead atoms. The van der Waals surface area contributed by atoms with Crippen molar-refractivity contribution in [1.82, 2.24) is 4.57 Å². The van der Waals surface area contributed by atoms with Crippen LogP contribution in [0.1, 0.15) is 11.1 Å². The quantitative estimate of drug-likeness (QED) is 0.163. The van der Waals surface area contributed by atoms with Crippen LogP contribution in [-0.4, -0.2) is 10.8 Å². The molecule has 3 heterocycles. The van der Waals surface area contributed by atoms with Crippen molar-refractivity contribution in [2.45, 2.75) is 6.54 Å². The van der Waals surface area contributed by atoms with Gasteiger partial charge in [0.25, 0.3) is 0 Å². The molecule has 11 rings (SSSR count). The van der Waals surface area contributed by atoms with Crippen LogP contribution in [0.5, 0.6) is 0 Å². The molecule has 0 N–H and O–H groups in total. The van der Waals surface area contributed by atoms with E-state index < -0.39 is 0 Å². The number of para-hydroxylation sites is 2. The van der Waals surface area contributed by atoms with E-state index in [9.17, 15) is 0 Å². The SMILES string of the molecule is C(=NCc1cccc(-n2c3ccccc3c3ccccc32)c1)c1cccc2oc3ccc(-c4cccc5oc6cccc(-c7ccccc7)c6c45)cc3c12. The van der Waals surface area contributed by atoms with Gasteiger partial charge >= 0.3 is 0 Å². The number of hydrogen-bond acceptors (Lipinski definition) is 3. The fourth-order valence-corrected chi connectivity index (χ4v) is 8.34. The molecule has 0 spiro atoms. The Morgan fingerprint density at radius 3 is 1.80 bits per heavy atom. The Labute approximate surface area is 310 Å². The number of rotatable bonds is 6. The minimum atomic E-state index is 0.557. The number of nitrogens with zero attached hydrogens (tertiary/aromatic N) is 2. The van der Waals surface area contributed by atoms with Gasteiger partial charge in [0.15, 0.2) is 0 Å². The van der Waals surface area contributed by atoms with E-state index in [1.165, 1.54) is 27.4 Å². The molecule has 0 atom stereocenters. The van der Waals surface area contributed by atoms with Gasteiger partial charge in [-0.3, -0.25) is 4.99 Å². The Hall–Kier alpha value is -7.17. The normalized spacial score (nSPS) is 12.1. The van der Waals surface area contributed by atoms with Gasteiger partial charge < -0.3 is 13.4 Å². The fraction of sp³-hybridized carbons (Fsp3) is 0.0200. The second kappa shape index (κ2) is 12.2. The molecular formula is C50H32N2O2. The Morgan fingerprint density at radius 1 is 0.444 bits per heavy atom. The van der Waals surface area contributed by atoms with Crippen molar-refractivity contribution in [3.63, 3.8) is 0 Å². The van der Waals surface area contributed by atoms with Gasteiger partial charge in [-0.2, -0.15) is 0 Å². The predicted molar refractivity (Wildman–Crippen MR) is 224 cm³/mol. The molecule has 8 aromatic carbocycles. The molecule has 0 aliphatic rings. The summed E-state index contributed by atoms with van der Waals surface area (Å²) in [5.74, 6) is 0. The molecule has 0 saturated heterocycles. The molecule has 0 aliphatic heterocycles. The van der Waals surface area contributed by atoms with Crippen molar-refractivity contribution in [3.05, 3.63) is 187 Å². The van der Waals surface area contributed by atoms with Crippen molar-refractivity contribution in [2.75, 3.05) is 0 Å². The van der Waals surface area contributed by atoms with Gasteiger partial charge in [-0.15, -0.1) is 0 Å². The van der Waals surface area contributed by atoms with E-state index in [4.69, 9.17) is 13.8 Å². The van der Waals surface area contributed by atoms with Crippen molar-refractivity contribution in [2.24, 2.45) is 4.99 Å². The maximum absolute atomic E-state index is 6.45. The molecule has 4 nitrogen and oxygen atoms in total. The van der Waals surface area contributed by atoms with Gasteiger partial charge in [0.2, 0.25) is 0 Å². The zero-order chi connectivity index (χ0) is 35.6. The highest BCUT2D eigenvalue weighted by molar-refractivity contribution is 6.19. The third kappa shape index (κ3) is 4.81. The van der Waals surface area contributed by atoms with Gasteiger partial charge in [-0.1, -0.05) is 121 Å². The zero-order valence-corrected chi connectivity index (χ0v) is 29.2. The third-order valence-corrected chi connectivity index (χ3v) is 10.7. The first-order valence-electron chi connectivity index (χ1n) is 18.3. The minimum Gasteiger partial charge on any atom is -0.456 e. The van der Waals surface area contributed by atoms with Crippen LogP contribution in [-0.2, 0) is 6.54 Å². The highest BCUT2D eigenvalue weighted by Gasteiger charge is 2.18. The molecule has 0 amide bonds. The molecule has 0 saturated carbocycles. The van der Waals surface area contributed by atoms with Gasteiger partial charge in [0, 0.05) is 49.8 Å². The summed E-state index contributed by atoms with van der Waals surface area (Å²) in [6.07, 6.45) is 1.99. The highest BCUT2D eigenvalue weighted by atomic mass is 16.3. The number of aromatic nitrogens is 1. The number of furan rings is 2. The second-order valence-electron chi connectivity index (χ2n) is 13.9. The summed E-state index contributed by atoms with van der Waals surface area (Å²) in [7, 11) is 0. The van der Waals surface area contributed by atoms with Crippen molar-refractivity contribution in [3.8, 4) is 27.9 Å². The topological polar surface area (TPSA) is 43.6 Å². The smallest absolute Gasteiger partial charge is 0.136 e. The molecule has 3 aromatic heterocycles. The van der Waals surface area contributed by atoms with Crippen LogP contribution in [0.4, 0.5) is 0 Å². The minimum absolute atomic E-state index is 0.557. The number of hydrogen-bond donors (Lipinski definition) is 0. The van der Waals surface area contributed by atoms with Crippen LogP contribution in [0.3, 0.4) is 0 Å². The molecule has 54 heavy (non-hydrogen) atoms. The fourth-order valence-electron chi connectivity index (χ4n) is 8.34. The van der Waals surface area contributed by atoms with Gasteiger partial charge in [-0.05, 0) is 82.4 Å². The summed E-state index contributed by atoms with van der Waals surface area (Å²) >= 11 is 0. The summed E-state index contributed by atoms with van der Waals surface area (Å²) in [6.45, 7) is 0.557. The first kappa shape index (κ1) is 30.5. The Bertz CT molecular complexity index is 3200. The lowest BCUT2D eigenvalue weighted by Gasteiger charge is -2.09. The molecule has 0 fully saturated rings. The molecule has 0 radical (unpaired) electrons. The predicted octanol–water partition coefficient (Wildman–Crippen LogP) is 13.5. The number of fused-ring (bicyclic) bond motifs is 9. The van der Waals surface area contributed by atoms with E-state index in [0.717, 1.165) is 77.4 Å². The summed E-state index contributed by atoms with van der Waals surface area (Å²) in [5.41, 5.74) is 13.7. The summed E-state index contributed by atoms with van der Waals surface area (Å²) in [5, 5.41) is 6.88. The average molecular weight is 693 g/mol. The molecular weight excluding hydrogens is 661 g/mol. The van der Waals surface area contributed by atoms with Crippen molar-refractivity contribution >= 4 is 71.9 Å². The summed E-state index contributed by atoms with van der Waals surface area (Å²) < 4.78 is 15.2. The van der Waals surface area contributed by atoms with E-state index >= 15 is 0 Å². The molecule has 0 unspecified atom stereocenters. The maximum Gasteiger partial charge on any atom is 0.136 e. The van der Waals surface area contributed by atoms with Gasteiger partial charge in [-0.25, -0.2) is 0 Å². The lowest BCUT2D eigenvalue weighted by Crippen LogP contribution is -1.95. The Kier molecular flexibility index (Phi) is 6.89. The van der Waals surface area contributed by atoms with Crippen LogP contribution in [0.15, 0.2) is 190 Å². The van der Waals surface area contributed by atoms with E-state index in [1.54, 1.807) is 0 Å². The molecule has 0 aliphatic carbocycles. The van der Waals surface area contributed by atoms with E-state index in [-0.39, 0.29) is 0 Å². The van der Waals surface area contributed by atoms with E-state index in [2.05, 4.69) is 168 Å². The zero-order valence-electron chi connectivity index (χ0n) is 29.2. The first-order chi connectivity index (χ1) is 26.8. The van der Waals surface area contributed by atoms with Crippen LogP contribution in [0, 0.1) is 0 Å². The number of aliphatic imine (C=N–C) groups is 1. The van der Waals surface area contributed by atoms with Crippen molar-refractivity contribution < 1.29 is 8.83 Å². The largest absolute Gasteiger partial charge is 0.456 e. The Morgan fingerprint density at radius 2 is 1.06 bits per heavy atom. The van der Waals surface area contributed by atoms with Crippen molar-refractivity contribution in [1.29, 1.82) is 0 Å². The van der Waals surface area contributed by atoms with Crippen LogP contribution >= 0.6 is 0 Å². The monoisotopic (exact) mass is 692 g/mol. The number of benzene rings is 8. The molecule has 4 heteroatoms. The summed E-state index contributed by atoms with van der Waals surface area (Å²) in [6, 6.07) is 61.8. The maximum atomic E-state index is 6.45. The van der Waals surface area contributed by atoms with E-state index in [1.807, 2.05) is 18.3 Å². The highest BCUT2D eigenvalue weighted by Crippen LogP contribution is 2.43. The Balaban J connectivity index is 0.984. The second-order valence-corrected chi connectivity index (χ2v) is 13.9. The lowest BCUT2D eigenvalue weighted by atomic mass is 9.94. The summed E-state index contributed by atoms with van der Waals surface area (Å²) in [4.78, 5) is 4.99.